The van der Waals surface area contributed by atoms with Gasteiger partial charge < -0.3 is 9.84 Å². The van der Waals surface area contributed by atoms with Gasteiger partial charge in [-0.15, -0.1) is 0 Å². The van der Waals surface area contributed by atoms with Crippen molar-refractivity contribution in [3.8, 4) is 11.5 Å². The minimum Gasteiger partial charge on any atom is -0.508 e. The van der Waals surface area contributed by atoms with Crippen molar-refractivity contribution in [2.45, 2.75) is 26.7 Å². The molecule has 78 valence electrons. The number of benzene rings is 1. The highest BCUT2D eigenvalue weighted by Crippen LogP contribution is 2.17. The summed E-state index contributed by atoms with van der Waals surface area (Å²) in [7, 11) is 0. The monoisotopic (exact) mass is 194 g/mol. The summed E-state index contributed by atoms with van der Waals surface area (Å²) < 4.78 is 5.59. The molecular formula is C12H18O2. The molecule has 0 fully saturated rings. The molecule has 2 nitrogen and oxygen atoms in total. The average molecular weight is 194 g/mol. The second-order valence-corrected chi connectivity index (χ2v) is 3.49. The van der Waals surface area contributed by atoms with Crippen molar-refractivity contribution in [3.05, 3.63) is 24.3 Å². The van der Waals surface area contributed by atoms with Gasteiger partial charge in [0.15, 0.2) is 0 Å². The molecule has 0 amide bonds. The van der Waals surface area contributed by atoms with Gasteiger partial charge in [-0.3, -0.25) is 0 Å². The Morgan fingerprint density at radius 2 is 1.71 bits per heavy atom. The van der Waals surface area contributed by atoms with Gasteiger partial charge in [0.25, 0.3) is 0 Å². The van der Waals surface area contributed by atoms with E-state index in [1.165, 1.54) is 0 Å². The maximum Gasteiger partial charge on any atom is 0.119 e. The lowest BCUT2D eigenvalue weighted by molar-refractivity contribution is 0.240. The number of phenolic OH excluding ortho intramolecular Hbond substituents is 1. The van der Waals surface area contributed by atoms with E-state index < -0.39 is 0 Å². The Morgan fingerprint density at radius 3 is 2.21 bits per heavy atom. The fraction of sp³-hybridized carbons (Fsp3) is 0.500. The topological polar surface area (TPSA) is 29.5 Å². The van der Waals surface area contributed by atoms with Crippen LogP contribution in [0.2, 0.25) is 0 Å². The van der Waals surface area contributed by atoms with E-state index in [4.69, 9.17) is 9.84 Å². The van der Waals surface area contributed by atoms with Crippen LogP contribution in [0.15, 0.2) is 24.3 Å². The first-order valence-corrected chi connectivity index (χ1v) is 5.18. The largest absolute Gasteiger partial charge is 0.508 e. The molecule has 1 rings (SSSR count). The van der Waals surface area contributed by atoms with E-state index in [9.17, 15) is 0 Å². The standard InChI is InChI=1S/C12H18O2/c1-3-10(4-2)9-14-12-7-5-11(13)6-8-12/h5-8,10,13H,3-4,9H2,1-2H3. The molecule has 0 aliphatic carbocycles. The molecule has 0 aliphatic rings. The fourth-order valence-electron chi connectivity index (χ4n) is 1.28. The molecule has 1 aromatic rings. The summed E-state index contributed by atoms with van der Waals surface area (Å²) >= 11 is 0. The van der Waals surface area contributed by atoms with Crippen molar-refractivity contribution in [1.82, 2.24) is 0 Å². The van der Waals surface area contributed by atoms with Crippen LogP contribution in [0.25, 0.3) is 0 Å². The lowest BCUT2D eigenvalue weighted by Gasteiger charge is -2.13. The summed E-state index contributed by atoms with van der Waals surface area (Å²) in [5, 5.41) is 9.07. The van der Waals surface area contributed by atoms with Crippen LogP contribution < -0.4 is 4.74 Å². The maximum atomic E-state index is 9.07. The third-order valence-electron chi connectivity index (χ3n) is 2.48. The summed E-state index contributed by atoms with van der Waals surface area (Å²) in [6, 6.07) is 6.86. The van der Waals surface area contributed by atoms with E-state index in [2.05, 4.69) is 13.8 Å². The van der Waals surface area contributed by atoms with Crippen LogP contribution in [0, 0.1) is 5.92 Å². The zero-order chi connectivity index (χ0) is 10.4. The third kappa shape index (κ3) is 3.29. The Balaban J connectivity index is 2.41. The Labute approximate surface area is 85.5 Å². The number of phenols is 1. The Kier molecular flexibility index (Phi) is 4.30. The normalized spacial score (nSPS) is 10.5. The Morgan fingerprint density at radius 1 is 1.14 bits per heavy atom. The van der Waals surface area contributed by atoms with Gasteiger partial charge in [0.1, 0.15) is 11.5 Å². The van der Waals surface area contributed by atoms with Crippen molar-refractivity contribution in [2.75, 3.05) is 6.61 Å². The van der Waals surface area contributed by atoms with E-state index in [-0.39, 0.29) is 5.75 Å². The van der Waals surface area contributed by atoms with Gasteiger partial charge in [-0.2, -0.15) is 0 Å². The van der Waals surface area contributed by atoms with Gasteiger partial charge in [-0.25, -0.2) is 0 Å². The summed E-state index contributed by atoms with van der Waals surface area (Å²) in [5.41, 5.74) is 0. The van der Waals surface area contributed by atoms with Gasteiger partial charge in [-0.05, 0) is 30.2 Å². The lowest BCUT2D eigenvalue weighted by Crippen LogP contribution is -2.09. The van der Waals surface area contributed by atoms with E-state index >= 15 is 0 Å². The smallest absolute Gasteiger partial charge is 0.119 e. The quantitative estimate of drug-likeness (QED) is 0.780. The van der Waals surface area contributed by atoms with E-state index in [1.54, 1.807) is 24.3 Å². The highest BCUT2D eigenvalue weighted by atomic mass is 16.5. The minimum absolute atomic E-state index is 0.278. The highest BCUT2D eigenvalue weighted by Gasteiger charge is 2.03. The molecule has 0 heterocycles. The molecule has 0 radical (unpaired) electrons. The van der Waals surface area contributed by atoms with Gasteiger partial charge in [0.2, 0.25) is 0 Å². The van der Waals surface area contributed by atoms with E-state index in [0.717, 1.165) is 25.2 Å². The lowest BCUT2D eigenvalue weighted by atomic mass is 10.1. The predicted octanol–water partition coefficient (Wildman–Crippen LogP) is 3.21. The summed E-state index contributed by atoms with van der Waals surface area (Å²) in [6.45, 7) is 5.11. The number of hydrogen-bond donors (Lipinski definition) is 1. The van der Waals surface area contributed by atoms with Gasteiger partial charge in [0.05, 0.1) is 6.61 Å². The summed E-state index contributed by atoms with van der Waals surface area (Å²) in [5.74, 6) is 1.73. The molecule has 0 spiro atoms. The van der Waals surface area contributed by atoms with Gasteiger partial charge in [0, 0.05) is 0 Å². The highest BCUT2D eigenvalue weighted by molar-refractivity contribution is 5.29. The second-order valence-electron chi connectivity index (χ2n) is 3.49. The van der Waals surface area contributed by atoms with Crippen molar-refractivity contribution in [3.63, 3.8) is 0 Å². The first-order chi connectivity index (χ1) is 6.76. The van der Waals surface area contributed by atoms with Crippen molar-refractivity contribution in [1.29, 1.82) is 0 Å². The summed E-state index contributed by atoms with van der Waals surface area (Å²) in [6.07, 6.45) is 2.29. The molecule has 0 saturated carbocycles. The SMILES string of the molecule is CCC(CC)COc1ccc(O)cc1. The Bertz CT molecular complexity index is 250. The van der Waals surface area contributed by atoms with Crippen LogP contribution in [0.3, 0.4) is 0 Å². The van der Waals surface area contributed by atoms with Crippen molar-refractivity contribution >= 4 is 0 Å². The molecule has 14 heavy (non-hydrogen) atoms. The van der Waals surface area contributed by atoms with E-state index in [1.807, 2.05) is 0 Å². The second kappa shape index (κ2) is 5.53. The third-order valence-corrected chi connectivity index (χ3v) is 2.48. The van der Waals surface area contributed by atoms with Gasteiger partial charge in [-0.1, -0.05) is 26.7 Å². The molecule has 0 saturated heterocycles. The zero-order valence-corrected chi connectivity index (χ0v) is 8.86. The van der Waals surface area contributed by atoms with Crippen molar-refractivity contribution < 1.29 is 9.84 Å². The molecule has 1 N–H and O–H groups in total. The molecule has 2 heteroatoms. The number of aromatic hydroxyl groups is 1. The molecule has 0 aromatic heterocycles. The van der Waals surface area contributed by atoms with Crippen LogP contribution >= 0.6 is 0 Å². The molecular weight excluding hydrogens is 176 g/mol. The molecule has 0 atom stereocenters. The van der Waals surface area contributed by atoms with E-state index in [0.29, 0.717) is 5.92 Å². The fourth-order valence-corrected chi connectivity index (χ4v) is 1.28. The first-order valence-electron chi connectivity index (χ1n) is 5.18. The zero-order valence-electron chi connectivity index (χ0n) is 8.86. The Hall–Kier alpha value is -1.18. The number of hydrogen-bond acceptors (Lipinski definition) is 2. The number of rotatable bonds is 5. The predicted molar refractivity (Wildman–Crippen MR) is 57.7 cm³/mol. The van der Waals surface area contributed by atoms with Crippen LogP contribution in [-0.2, 0) is 0 Å². The van der Waals surface area contributed by atoms with Crippen molar-refractivity contribution in [2.24, 2.45) is 5.92 Å². The van der Waals surface area contributed by atoms with Crippen LogP contribution in [0.5, 0.6) is 11.5 Å². The average Bonchev–Trinajstić information content (AvgIpc) is 2.22. The molecule has 0 aliphatic heterocycles. The molecule has 0 bridgehead atoms. The minimum atomic E-state index is 0.278. The molecule has 0 unspecified atom stereocenters. The molecule has 1 aromatic carbocycles. The maximum absolute atomic E-state index is 9.07. The first kappa shape index (κ1) is 10.9. The van der Waals surface area contributed by atoms with Gasteiger partial charge >= 0.3 is 0 Å². The van der Waals surface area contributed by atoms with Crippen LogP contribution in [0.1, 0.15) is 26.7 Å². The summed E-state index contributed by atoms with van der Waals surface area (Å²) in [4.78, 5) is 0. The number of ether oxygens (including phenoxy) is 1. The van der Waals surface area contributed by atoms with Crippen LogP contribution in [0.4, 0.5) is 0 Å². The van der Waals surface area contributed by atoms with Crippen LogP contribution in [-0.4, -0.2) is 11.7 Å².